The highest BCUT2D eigenvalue weighted by atomic mass is 16.3. The van der Waals surface area contributed by atoms with E-state index in [2.05, 4.69) is 12.1 Å². The molecule has 1 aromatic rings. The van der Waals surface area contributed by atoms with Gasteiger partial charge in [-0.25, -0.2) is 0 Å². The van der Waals surface area contributed by atoms with E-state index < -0.39 is 0 Å². The molecule has 0 saturated heterocycles. The van der Waals surface area contributed by atoms with E-state index in [0.29, 0.717) is 0 Å². The average Bonchev–Trinajstić information content (AvgIpc) is 2.17. The SMILES string of the molecule is N.OCc1ccc2c(c1)CCCC2. The molecule has 0 aromatic heterocycles. The topological polar surface area (TPSA) is 55.2 Å². The van der Waals surface area contributed by atoms with Crippen molar-refractivity contribution in [3.63, 3.8) is 0 Å². The maximum atomic E-state index is 8.94. The molecule has 4 N–H and O–H groups in total. The molecule has 0 amide bonds. The first-order valence-electron chi connectivity index (χ1n) is 4.61. The van der Waals surface area contributed by atoms with Crippen LogP contribution >= 0.6 is 0 Å². The van der Waals surface area contributed by atoms with Crippen LogP contribution in [0.15, 0.2) is 18.2 Å². The fourth-order valence-electron chi connectivity index (χ4n) is 1.89. The lowest BCUT2D eigenvalue weighted by atomic mass is 9.90. The van der Waals surface area contributed by atoms with E-state index >= 15 is 0 Å². The first-order valence-corrected chi connectivity index (χ1v) is 4.61. The van der Waals surface area contributed by atoms with Gasteiger partial charge in [0.15, 0.2) is 0 Å². The van der Waals surface area contributed by atoms with Crippen LogP contribution in [0.4, 0.5) is 0 Å². The summed E-state index contributed by atoms with van der Waals surface area (Å²) in [5.74, 6) is 0. The number of aliphatic hydroxyl groups excluding tert-OH is 1. The molecule has 2 heteroatoms. The second kappa shape index (κ2) is 4.40. The lowest BCUT2D eigenvalue weighted by Crippen LogP contribution is -2.02. The van der Waals surface area contributed by atoms with Crippen molar-refractivity contribution in [2.24, 2.45) is 0 Å². The van der Waals surface area contributed by atoms with Gasteiger partial charge >= 0.3 is 0 Å². The molecule has 0 fully saturated rings. The third kappa shape index (κ3) is 2.08. The van der Waals surface area contributed by atoms with E-state index in [1.165, 1.54) is 36.8 Å². The van der Waals surface area contributed by atoms with Crippen molar-refractivity contribution < 1.29 is 5.11 Å². The van der Waals surface area contributed by atoms with Gasteiger partial charge in [-0.3, -0.25) is 0 Å². The summed E-state index contributed by atoms with van der Waals surface area (Å²) in [6.07, 6.45) is 5.05. The molecular formula is C11H17NO. The minimum Gasteiger partial charge on any atom is -0.392 e. The van der Waals surface area contributed by atoms with E-state index in [0.717, 1.165) is 5.56 Å². The fraction of sp³-hybridized carbons (Fsp3) is 0.455. The Hall–Kier alpha value is -0.860. The molecule has 0 radical (unpaired) electrons. The van der Waals surface area contributed by atoms with Gasteiger partial charge in [0.1, 0.15) is 0 Å². The maximum Gasteiger partial charge on any atom is 0.0681 e. The molecule has 2 rings (SSSR count). The van der Waals surface area contributed by atoms with Gasteiger partial charge in [-0.15, -0.1) is 0 Å². The van der Waals surface area contributed by atoms with E-state index in [4.69, 9.17) is 5.11 Å². The number of hydrogen-bond acceptors (Lipinski definition) is 2. The number of fused-ring (bicyclic) bond motifs is 1. The van der Waals surface area contributed by atoms with Crippen LogP contribution in [0, 0.1) is 0 Å². The third-order valence-electron chi connectivity index (χ3n) is 2.60. The van der Waals surface area contributed by atoms with E-state index in [-0.39, 0.29) is 12.8 Å². The summed E-state index contributed by atoms with van der Waals surface area (Å²) in [4.78, 5) is 0. The summed E-state index contributed by atoms with van der Waals surface area (Å²) < 4.78 is 0. The van der Waals surface area contributed by atoms with Crippen LogP contribution in [0.3, 0.4) is 0 Å². The van der Waals surface area contributed by atoms with Gasteiger partial charge in [0.2, 0.25) is 0 Å². The summed E-state index contributed by atoms with van der Waals surface area (Å²) in [7, 11) is 0. The van der Waals surface area contributed by atoms with Gasteiger partial charge < -0.3 is 11.3 Å². The Balaban J connectivity index is 0.000000845. The highest BCUT2D eigenvalue weighted by Gasteiger charge is 2.08. The monoisotopic (exact) mass is 179 g/mol. The van der Waals surface area contributed by atoms with Gasteiger partial charge in [0.05, 0.1) is 6.61 Å². The zero-order valence-corrected chi connectivity index (χ0v) is 7.92. The summed E-state index contributed by atoms with van der Waals surface area (Å²) in [5.41, 5.74) is 3.99. The number of rotatable bonds is 1. The zero-order valence-electron chi connectivity index (χ0n) is 7.92. The Morgan fingerprint density at radius 1 is 1.08 bits per heavy atom. The molecule has 0 aliphatic heterocycles. The molecule has 0 saturated carbocycles. The molecule has 0 bridgehead atoms. The Kier molecular flexibility index (Phi) is 3.46. The summed E-state index contributed by atoms with van der Waals surface area (Å²) in [6.45, 7) is 0.174. The van der Waals surface area contributed by atoms with Gasteiger partial charge in [0, 0.05) is 0 Å². The molecule has 0 spiro atoms. The van der Waals surface area contributed by atoms with E-state index in [9.17, 15) is 0 Å². The van der Waals surface area contributed by atoms with E-state index in [1.54, 1.807) is 0 Å². The second-order valence-electron chi connectivity index (χ2n) is 3.47. The Labute approximate surface area is 79.2 Å². The molecule has 1 aliphatic rings. The molecular weight excluding hydrogens is 162 g/mol. The van der Waals surface area contributed by atoms with Crippen molar-refractivity contribution in [2.45, 2.75) is 32.3 Å². The van der Waals surface area contributed by atoms with Crippen LogP contribution < -0.4 is 6.15 Å². The predicted octanol–water partition coefficient (Wildman–Crippen LogP) is 2.22. The third-order valence-corrected chi connectivity index (χ3v) is 2.60. The number of aliphatic hydroxyl groups is 1. The number of benzene rings is 1. The zero-order chi connectivity index (χ0) is 8.39. The average molecular weight is 179 g/mol. The van der Waals surface area contributed by atoms with Crippen molar-refractivity contribution in [2.75, 3.05) is 0 Å². The van der Waals surface area contributed by atoms with Gasteiger partial charge in [-0.1, -0.05) is 18.2 Å². The molecule has 0 atom stereocenters. The quantitative estimate of drug-likeness (QED) is 0.694. The molecule has 1 aliphatic carbocycles. The van der Waals surface area contributed by atoms with Crippen LogP contribution in [-0.4, -0.2) is 5.11 Å². The van der Waals surface area contributed by atoms with Gasteiger partial charge in [-0.05, 0) is 42.4 Å². The Morgan fingerprint density at radius 3 is 2.46 bits per heavy atom. The maximum absolute atomic E-state index is 8.94. The highest BCUT2D eigenvalue weighted by Crippen LogP contribution is 2.21. The smallest absolute Gasteiger partial charge is 0.0681 e. The molecule has 0 unspecified atom stereocenters. The number of aryl methyl sites for hydroxylation is 2. The van der Waals surface area contributed by atoms with Crippen molar-refractivity contribution in [1.29, 1.82) is 0 Å². The lowest BCUT2D eigenvalue weighted by Gasteiger charge is -2.15. The molecule has 1 aromatic carbocycles. The van der Waals surface area contributed by atoms with Crippen molar-refractivity contribution in [1.82, 2.24) is 6.15 Å². The molecule has 2 nitrogen and oxygen atoms in total. The lowest BCUT2D eigenvalue weighted by molar-refractivity contribution is 0.281. The molecule has 13 heavy (non-hydrogen) atoms. The van der Waals surface area contributed by atoms with Crippen LogP contribution in [-0.2, 0) is 19.4 Å². The first kappa shape index (κ1) is 10.2. The standard InChI is InChI=1S/C11H14O.H3N/c12-8-9-5-6-10-3-1-2-4-11(10)7-9;/h5-7,12H,1-4,8H2;1H3. The molecule has 72 valence electrons. The highest BCUT2D eigenvalue weighted by molar-refractivity contribution is 5.33. The fourth-order valence-corrected chi connectivity index (χ4v) is 1.89. The van der Waals surface area contributed by atoms with Crippen molar-refractivity contribution in [3.8, 4) is 0 Å². The summed E-state index contributed by atoms with van der Waals surface area (Å²) >= 11 is 0. The predicted molar refractivity (Wildman–Crippen MR) is 54.0 cm³/mol. The summed E-state index contributed by atoms with van der Waals surface area (Å²) in [6, 6.07) is 6.35. The summed E-state index contributed by atoms with van der Waals surface area (Å²) in [5, 5.41) is 8.94. The van der Waals surface area contributed by atoms with Crippen LogP contribution in [0.1, 0.15) is 29.5 Å². The van der Waals surface area contributed by atoms with Crippen LogP contribution in [0.5, 0.6) is 0 Å². The largest absolute Gasteiger partial charge is 0.392 e. The van der Waals surface area contributed by atoms with Crippen LogP contribution in [0.2, 0.25) is 0 Å². The van der Waals surface area contributed by atoms with Gasteiger partial charge in [0.25, 0.3) is 0 Å². The Morgan fingerprint density at radius 2 is 1.77 bits per heavy atom. The van der Waals surface area contributed by atoms with Crippen molar-refractivity contribution in [3.05, 3.63) is 34.9 Å². The van der Waals surface area contributed by atoms with Crippen molar-refractivity contribution >= 4 is 0 Å². The Bertz CT molecular complexity index is 283. The minimum atomic E-state index is 0. The normalized spacial score (nSPS) is 14.5. The second-order valence-corrected chi connectivity index (χ2v) is 3.47. The first-order chi connectivity index (χ1) is 5.90. The molecule has 0 heterocycles. The van der Waals surface area contributed by atoms with Gasteiger partial charge in [-0.2, -0.15) is 0 Å². The van der Waals surface area contributed by atoms with E-state index in [1.807, 2.05) is 6.07 Å². The van der Waals surface area contributed by atoms with Crippen LogP contribution in [0.25, 0.3) is 0 Å². The number of hydrogen-bond donors (Lipinski definition) is 2. The minimum absolute atomic E-state index is 0.